The highest BCUT2D eigenvalue weighted by atomic mass is 32.2. The van der Waals surface area contributed by atoms with Crippen molar-refractivity contribution in [2.24, 2.45) is 0 Å². The summed E-state index contributed by atoms with van der Waals surface area (Å²) in [6.45, 7) is 0. The number of hydrogen-bond donors (Lipinski definition) is 0. The second-order valence-electron chi connectivity index (χ2n) is 6.37. The van der Waals surface area contributed by atoms with Crippen LogP contribution in [0.3, 0.4) is 0 Å². The van der Waals surface area contributed by atoms with Crippen molar-refractivity contribution in [3.8, 4) is 5.75 Å². The maximum absolute atomic E-state index is 10.3. The van der Waals surface area contributed by atoms with E-state index in [1.54, 1.807) is 13.2 Å². The van der Waals surface area contributed by atoms with Crippen LogP contribution in [0.15, 0.2) is 135 Å². The summed E-state index contributed by atoms with van der Waals surface area (Å²) in [6, 6.07) is 36.9. The SMILES string of the molecule is COc1ccc([S+](c2ccccc2)c2ccccc2)cc1.O=S(=O)([O-])c1ccccc1. The fraction of sp³-hybridized carbons (Fsp3) is 0.0400. The van der Waals surface area contributed by atoms with E-state index in [0.29, 0.717) is 0 Å². The Morgan fingerprint density at radius 2 is 1.00 bits per heavy atom. The molecule has 0 aromatic heterocycles. The molecule has 31 heavy (non-hydrogen) atoms. The van der Waals surface area contributed by atoms with Gasteiger partial charge < -0.3 is 9.29 Å². The molecule has 0 saturated carbocycles. The van der Waals surface area contributed by atoms with E-state index in [2.05, 4.69) is 72.8 Å². The smallest absolute Gasteiger partial charge is 0.166 e. The molecule has 0 radical (unpaired) electrons. The van der Waals surface area contributed by atoms with Crippen molar-refractivity contribution in [1.29, 1.82) is 0 Å². The van der Waals surface area contributed by atoms with Crippen molar-refractivity contribution >= 4 is 21.0 Å². The summed E-state index contributed by atoms with van der Waals surface area (Å²) in [4.78, 5) is 3.77. The molecule has 0 N–H and O–H groups in total. The fourth-order valence-electron chi connectivity index (χ4n) is 2.82. The van der Waals surface area contributed by atoms with Crippen LogP contribution >= 0.6 is 0 Å². The van der Waals surface area contributed by atoms with Crippen LogP contribution in [-0.4, -0.2) is 20.1 Å². The van der Waals surface area contributed by atoms with E-state index in [1.807, 2.05) is 12.1 Å². The number of methoxy groups -OCH3 is 1. The lowest BCUT2D eigenvalue weighted by molar-refractivity contribution is 0.414. The molecule has 0 aliphatic rings. The number of hydrogen-bond acceptors (Lipinski definition) is 4. The van der Waals surface area contributed by atoms with Gasteiger partial charge in [0.25, 0.3) is 0 Å². The minimum Gasteiger partial charge on any atom is -0.744 e. The third-order valence-electron chi connectivity index (χ3n) is 4.28. The largest absolute Gasteiger partial charge is 0.744 e. The molecule has 4 rings (SSSR count). The number of rotatable bonds is 5. The molecular formula is C25H22O4S2. The summed E-state index contributed by atoms with van der Waals surface area (Å²) in [5, 5.41) is 0. The van der Waals surface area contributed by atoms with Crippen molar-refractivity contribution in [3.05, 3.63) is 115 Å². The van der Waals surface area contributed by atoms with Gasteiger partial charge in [-0.3, -0.25) is 0 Å². The molecule has 0 amide bonds. The molecule has 4 aromatic carbocycles. The highest BCUT2D eigenvalue weighted by molar-refractivity contribution is 7.97. The van der Waals surface area contributed by atoms with Gasteiger partial charge in [-0.15, -0.1) is 0 Å². The standard InChI is InChI=1S/C19H17OS.C6H6O3S/c1-20-16-12-14-19(15-13-16)21(17-8-4-2-5-9-17)18-10-6-3-7-11-18;7-10(8,9)6-4-2-1-3-5-6/h2-15H,1H3;1-5H,(H,7,8,9)/q+1;/p-1. The normalized spacial score (nSPS) is 10.8. The predicted octanol–water partition coefficient (Wildman–Crippen LogP) is 5.38. The molecule has 0 unspecified atom stereocenters. The van der Waals surface area contributed by atoms with E-state index in [0.717, 1.165) is 5.75 Å². The second kappa shape index (κ2) is 10.8. The van der Waals surface area contributed by atoms with Crippen LogP contribution in [0, 0.1) is 0 Å². The molecule has 0 aliphatic heterocycles. The zero-order valence-corrected chi connectivity index (χ0v) is 18.6. The van der Waals surface area contributed by atoms with Crippen molar-refractivity contribution in [1.82, 2.24) is 0 Å². The Bertz CT molecular complexity index is 1120. The highest BCUT2D eigenvalue weighted by Gasteiger charge is 2.27. The van der Waals surface area contributed by atoms with Crippen LogP contribution in [0.1, 0.15) is 0 Å². The first-order valence-electron chi connectivity index (χ1n) is 9.48. The minimum absolute atomic E-state index is 0.0804. The van der Waals surface area contributed by atoms with E-state index in [-0.39, 0.29) is 15.8 Å². The molecule has 6 heteroatoms. The van der Waals surface area contributed by atoms with E-state index in [9.17, 15) is 13.0 Å². The zero-order valence-electron chi connectivity index (χ0n) is 16.9. The Labute approximate surface area is 186 Å². The van der Waals surface area contributed by atoms with Gasteiger partial charge in [-0.05, 0) is 60.7 Å². The molecule has 0 saturated heterocycles. The van der Waals surface area contributed by atoms with Crippen LogP contribution in [0.2, 0.25) is 0 Å². The maximum atomic E-state index is 10.3. The van der Waals surface area contributed by atoms with Crippen LogP contribution in [0.25, 0.3) is 0 Å². The average Bonchev–Trinajstić information content (AvgIpc) is 2.82. The van der Waals surface area contributed by atoms with Crippen LogP contribution in [0.4, 0.5) is 0 Å². The summed E-state index contributed by atoms with van der Waals surface area (Å²) < 4.78 is 36.1. The molecule has 0 atom stereocenters. The molecule has 0 fully saturated rings. The van der Waals surface area contributed by atoms with Gasteiger partial charge in [0.1, 0.15) is 15.9 Å². The maximum Gasteiger partial charge on any atom is 0.166 e. The van der Waals surface area contributed by atoms with E-state index < -0.39 is 10.1 Å². The lowest BCUT2D eigenvalue weighted by Crippen LogP contribution is -2.04. The van der Waals surface area contributed by atoms with Gasteiger partial charge in [-0.1, -0.05) is 54.6 Å². The summed E-state index contributed by atoms with van der Waals surface area (Å²) in [5.41, 5.74) is 0. The first-order chi connectivity index (χ1) is 15.0. The van der Waals surface area contributed by atoms with Crippen LogP contribution in [0.5, 0.6) is 5.75 Å². The van der Waals surface area contributed by atoms with E-state index in [1.165, 1.54) is 39.0 Å². The summed E-state index contributed by atoms with van der Waals surface area (Å²) >= 11 is 0. The summed E-state index contributed by atoms with van der Waals surface area (Å²) in [5.74, 6) is 0.892. The van der Waals surface area contributed by atoms with Gasteiger partial charge in [0.15, 0.2) is 14.7 Å². The molecule has 0 aliphatic carbocycles. The first-order valence-corrected chi connectivity index (χ1v) is 12.1. The second-order valence-corrected chi connectivity index (χ2v) is 9.78. The highest BCUT2D eigenvalue weighted by Crippen LogP contribution is 2.31. The molecule has 0 spiro atoms. The quantitative estimate of drug-likeness (QED) is 0.302. The summed E-state index contributed by atoms with van der Waals surface area (Å²) in [7, 11) is -2.64. The Balaban J connectivity index is 0.000000229. The van der Waals surface area contributed by atoms with Gasteiger partial charge in [0, 0.05) is 0 Å². The van der Waals surface area contributed by atoms with Gasteiger partial charge in [0.2, 0.25) is 0 Å². The van der Waals surface area contributed by atoms with Crippen molar-refractivity contribution in [2.45, 2.75) is 19.6 Å². The Hall–Kier alpha value is -3.06. The monoisotopic (exact) mass is 450 g/mol. The van der Waals surface area contributed by atoms with Crippen LogP contribution < -0.4 is 4.74 Å². The Morgan fingerprint density at radius 1 is 0.613 bits per heavy atom. The van der Waals surface area contributed by atoms with Gasteiger partial charge in [0.05, 0.1) is 22.9 Å². The molecule has 4 aromatic rings. The van der Waals surface area contributed by atoms with E-state index >= 15 is 0 Å². The fourth-order valence-corrected chi connectivity index (χ4v) is 5.39. The predicted molar refractivity (Wildman–Crippen MR) is 122 cm³/mol. The topological polar surface area (TPSA) is 66.4 Å². The van der Waals surface area contributed by atoms with Crippen molar-refractivity contribution in [3.63, 3.8) is 0 Å². The Kier molecular flexibility index (Phi) is 7.89. The molecular weight excluding hydrogens is 428 g/mol. The lowest BCUT2D eigenvalue weighted by atomic mass is 10.3. The van der Waals surface area contributed by atoms with Crippen molar-refractivity contribution in [2.75, 3.05) is 7.11 Å². The molecule has 4 nitrogen and oxygen atoms in total. The average molecular weight is 451 g/mol. The molecule has 0 bridgehead atoms. The van der Waals surface area contributed by atoms with Gasteiger partial charge in [-0.25, -0.2) is 8.42 Å². The molecule has 0 heterocycles. The number of ether oxygens (including phenoxy) is 1. The van der Waals surface area contributed by atoms with E-state index in [4.69, 9.17) is 4.74 Å². The number of benzene rings is 4. The van der Waals surface area contributed by atoms with Crippen molar-refractivity contribution < 1.29 is 17.7 Å². The first kappa shape index (κ1) is 22.6. The lowest BCUT2D eigenvalue weighted by Gasteiger charge is -2.08. The Morgan fingerprint density at radius 3 is 1.35 bits per heavy atom. The third kappa shape index (κ3) is 6.46. The molecule has 158 valence electrons. The summed E-state index contributed by atoms with van der Waals surface area (Å²) in [6.07, 6.45) is 0. The minimum atomic E-state index is -4.25. The van der Waals surface area contributed by atoms with Gasteiger partial charge >= 0.3 is 0 Å². The third-order valence-corrected chi connectivity index (χ3v) is 7.37. The van der Waals surface area contributed by atoms with Gasteiger partial charge in [-0.2, -0.15) is 0 Å². The zero-order chi connectivity index (χ0) is 22.1. The van der Waals surface area contributed by atoms with Crippen LogP contribution in [-0.2, 0) is 21.0 Å².